The second-order valence-corrected chi connectivity index (χ2v) is 20.7. The Hall–Kier alpha value is -11.6. The maximum atomic E-state index is 14.4. The number of anilines is 4. The van der Waals surface area contributed by atoms with E-state index in [4.69, 9.17) is 63.8 Å². The summed E-state index contributed by atoms with van der Waals surface area (Å²) in [6, 6.07) is 19.7. The topological polar surface area (TPSA) is 511 Å². The average Bonchev–Trinajstić information content (AvgIpc) is 1.71. The number of methoxy groups -OCH3 is 4. The molecule has 31 nitrogen and oxygen atoms in total. The number of para-hydroxylation sites is 1. The second kappa shape index (κ2) is 33.6. The van der Waals surface area contributed by atoms with Gasteiger partial charge in [0.25, 0.3) is 23.6 Å². The molecule has 0 aliphatic rings. The highest BCUT2D eigenvalue weighted by Crippen LogP contribution is 2.28. The first-order valence-electron chi connectivity index (χ1n) is 28.7. The highest BCUT2D eigenvalue weighted by Gasteiger charge is 2.29. The van der Waals surface area contributed by atoms with Crippen molar-refractivity contribution in [2.75, 3.05) is 69.3 Å². The van der Waals surface area contributed by atoms with Crippen molar-refractivity contribution in [3.8, 4) is 23.0 Å². The van der Waals surface area contributed by atoms with Crippen LogP contribution in [0.2, 0.25) is 0 Å². The van der Waals surface area contributed by atoms with Gasteiger partial charge in [-0.3, -0.25) is 54.6 Å². The number of aromatic nitrogens is 1. The molecule has 8 amide bonds. The highest BCUT2D eigenvalue weighted by atomic mass is 16.5. The van der Waals surface area contributed by atoms with E-state index in [9.17, 15) is 38.4 Å². The third-order valence-electron chi connectivity index (χ3n) is 14.1. The number of rotatable bonds is 33. The van der Waals surface area contributed by atoms with Crippen LogP contribution in [0.1, 0.15) is 85.5 Å². The van der Waals surface area contributed by atoms with Crippen LogP contribution in [0.4, 0.5) is 22.7 Å². The molecule has 6 aromatic rings. The van der Waals surface area contributed by atoms with Gasteiger partial charge in [-0.2, -0.15) is 0 Å². The number of aromatic amines is 1. The standard InChI is InChI=1S/C61H77N19O12/c1-89-47-19-15-33(27-38(47)51(63)81)75-56(86)44(12-7-23-70-59(64)65)78-53(83)40-29-35(17-21-49(40)91-3)77-58(88)46(14-9-25-72-61(68)69)80-54(84)41-30-36(18-22-50(41)92-4)76-57(87)45(13-8-24-71-60(66)67)79-52(82)39-28-34(16-20-48(39)90-2)74-55(85)42(62)26-32-31-73-43-11-6-5-10-37(32)43/h5-6,10-11,15-22,27-31,42,44-46,73H,7-9,12-14,23-26,62H2,1-4H3,(H2,63,81)(H,74,85)(H,75,86)(H,76,87)(H,77,88)(H,78,83)(H,79,82)(H,80,84)(H4,64,65,70)(H4,66,67,71)(H4,68,69,72)/t42-,44-,45-,46-/m1/s1. The number of nitrogens with one attached hydrogen (secondary N) is 14. The van der Waals surface area contributed by atoms with Crippen molar-refractivity contribution in [2.45, 2.75) is 69.1 Å². The number of fused-ring (bicyclic) bond motifs is 1. The van der Waals surface area contributed by atoms with Crippen LogP contribution >= 0.6 is 0 Å². The van der Waals surface area contributed by atoms with Crippen molar-refractivity contribution in [3.63, 3.8) is 0 Å². The molecule has 31 heteroatoms. The molecular formula is C61H77N19O12. The molecule has 488 valence electrons. The van der Waals surface area contributed by atoms with E-state index in [0.29, 0.717) is 0 Å². The molecule has 1 aromatic heterocycles. The molecular weight excluding hydrogens is 1190 g/mol. The lowest BCUT2D eigenvalue weighted by Crippen LogP contribution is -2.45. The number of carbonyl (C=O) groups is 8. The van der Waals surface area contributed by atoms with Crippen LogP contribution in [0.5, 0.6) is 23.0 Å². The van der Waals surface area contributed by atoms with E-state index >= 15 is 0 Å². The Bertz CT molecular complexity index is 3710. The van der Waals surface area contributed by atoms with Gasteiger partial charge in [0.15, 0.2) is 17.9 Å². The van der Waals surface area contributed by atoms with E-state index in [1.807, 2.05) is 24.3 Å². The van der Waals surface area contributed by atoms with Crippen molar-refractivity contribution in [3.05, 3.63) is 131 Å². The average molecular weight is 1270 g/mol. The number of carbonyl (C=O) groups excluding carboxylic acids is 8. The number of guanidine groups is 3. The molecule has 1 heterocycles. The molecule has 0 aliphatic carbocycles. The van der Waals surface area contributed by atoms with E-state index in [0.717, 1.165) is 16.5 Å². The molecule has 0 radical (unpaired) electrons. The number of amides is 8. The summed E-state index contributed by atoms with van der Waals surface area (Å²) in [5, 5.41) is 50.7. The molecule has 0 aliphatic heterocycles. The van der Waals surface area contributed by atoms with Gasteiger partial charge < -0.3 is 106 Å². The number of nitrogens with two attached hydrogens (primary N) is 5. The lowest BCUT2D eigenvalue weighted by Gasteiger charge is -2.22. The molecule has 0 spiro atoms. The van der Waals surface area contributed by atoms with Gasteiger partial charge in [0.2, 0.25) is 23.6 Å². The Labute approximate surface area is 528 Å². The minimum atomic E-state index is -1.32. The Morgan fingerprint density at radius 2 is 0.783 bits per heavy atom. The van der Waals surface area contributed by atoms with Crippen LogP contribution in [0.3, 0.4) is 0 Å². The monoisotopic (exact) mass is 1270 g/mol. The minimum absolute atomic E-state index is 0.00397. The van der Waals surface area contributed by atoms with Crippen LogP contribution in [0.15, 0.2) is 103 Å². The van der Waals surface area contributed by atoms with Gasteiger partial charge in [0.05, 0.1) is 56.7 Å². The van der Waals surface area contributed by atoms with Crippen LogP contribution in [-0.2, 0) is 25.6 Å². The summed E-state index contributed by atoms with van der Waals surface area (Å²) in [4.78, 5) is 114. The van der Waals surface area contributed by atoms with Gasteiger partial charge in [0.1, 0.15) is 41.1 Å². The normalized spacial score (nSPS) is 12.0. The van der Waals surface area contributed by atoms with Gasteiger partial charge in [-0.05, 0) is 129 Å². The van der Waals surface area contributed by atoms with E-state index in [2.05, 4.69) is 58.2 Å². The largest absolute Gasteiger partial charge is 0.496 e. The summed E-state index contributed by atoms with van der Waals surface area (Å²) >= 11 is 0. The van der Waals surface area contributed by atoms with Crippen LogP contribution in [0.25, 0.3) is 10.9 Å². The molecule has 92 heavy (non-hydrogen) atoms. The number of benzene rings is 5. The number of ether oxygens (including phenoxy) is 4. The maximum absolute atomic E-state index is 14.4. The number of primary amides is 1. The smallest absolute Gasteiger partial charge is 0.255 e. The van der Waals surface area contributed by atoms with Gasteiger partial charge in [0, 0.05) is 59.5 Å². The quantitative estimate of drug-likeness (QED) is 0.0159. The number of H-pyrrole nitrogens is 1. The fraction of sp³-hybridized carbons (Fsp3) is 0.295. The lowest BCUT2D eigenvalue weighted by atomic mass is 10.0. The fourth-order valence-corrected chi connectivity index (χ4v) is 9.52. The molecule has 0 bridgehead atoms. The SMILES string of the molecule is COc1ccc(NC(=O)[C@@H](CCCNC(=N)N)NC(=O)c2cc(NC(=O)[C@@H](CCCNC(=N)N)NC(=O)c3cc(NC(=O)[C@@H](CCCNC(=N)N)NC(=O)c4cc(NC(=O)[C@H](N)Cc5c[nH]c6ccccc56)ccc4OC)ccc3OC)ccc2OC)cc1C(N)=O. The summed E-state index contributed by atoms with van der Waals surface area (Å²) in [6.45, 7) is 0.441. The van der Waals surface area contributed by atoms with Crippen LogP contribution in [0, 0.1) is 16.2 Å². The molecule has 4 atom stereocenters. The van der Waals surface area contributed by atoms with E-state index in [1.54, 1.807) is 6.20 Å². The summed E-state index contributed by atoms with van der Waals surface area (Å²) < 4.78 is 21.8. The van der Waals surface area contributed by atoms with Gasteiger partial charge in [-0.25, -0.2) is 0 Å². The molecule has 0 fully saturated rings. The lowest BCUT2D eigenvalue weighted by molar-refractivity contribution is -0.118. The second-order valence-electron chi connectivity index (χ2n) is 20.7. The first-order valence-corrected chi connectivity index (χ1v) is 28.7. The number of hydrogen-bond acceptors (Lipinski definition) is 16. The predicted octanol–water partition coefficient (Wildman–Crippen LogP) is 1.81. The first kappa shape index (κ1) is 69.5. The zero-order valence-corrected chi connectivity index (χ0v) is 51.0. The van der Waals surface area contributed by atoms with Crippen LogP contribution in [-0.4, -0.2) is 142 Å². The molecule has 0 saturated heterocycles. The van der Waals surface area contributed by atoms with Crippen LogP contribution < -0.4 is 101 Å². The Morgan fingerprint density at radius 3 is 1.12 bits per heavy atom. The van der Waals surface area contributed by atoms with Crippen molar-refractivity contribution in [2.24, 2.45) is 28.7 Å². The third kappa shape index (κ3) is 19.9. The van der Waals surface area contributed by atoms with Gasteiger partial charge in [-0.1, -0.05) is 18.2 Å². The molecule has 24 N–H and O–H groups in total. The van der Waals surface area contributed by atoms with E-state index < -0.39 is 71.4 Å². The van der Waals surface area contributed by atoms with Crippen molar-refractivity contribution >= 4 is 98.8 Å². The predicted molar refractivity (Wildman–Crippen MR) is 346 cm³/mol. The fourth-order valence-electron chi connectivity index (χ4n) is 9.52. The molecule has 0 unspecified atom stereocenters. The summed E-state index contributed by atoms with van der Waals surface area (Å²) in [5.41, 5.74) is 30.3. The Kier molecular flexibility index (Phi) is 25.4. The summed E-state index contributed by atoms with van der Waals surface area (Å²) in [5.74, 6) is -6.55. The summed E-state index contributed by atoms with van der Waals surface area (Å²) in [7, 11) is 5.30. The van der Waals surface area contributed by atoms with Crippen molar-refractivity contribution in [1.29, 1.82) is 16.2 Å². The number of hydrogen-bond donors (Lipinski definition) is 19. The Balaban J connectivity index is 1.19. The zero-order valence-electron chi connectivity index (χ0n) is 51.0. The Morgan fingerprint density at radius 1 is 0.457 bits per heavy atom. The van der Waals surface area contributed by atoms with E-state index in [1.165, 1.54) is 101 Å². The maximum Gasteiger partial charge on any atom is 0.255 e. The molecule has 5 aromatic carbocycles. The van der Waals surface area contributed by atoms with Crippen molar-refractivity contribution < 1.29 is 57.3 Å². The van der Waals surface area contributed by atoms with Crippen molar-refractivity contribution in [1.82, 2.24) is 36.9 Å². The molecule has 6 rings (SSSR count). The third-order valence-corrected chi connectivity index (χ3v) is 14.1. The minimum Gasteiger partial charge on any atom is -0.496 e. The highest BCUT2D eigenvalue weighted by molar-refractivity contribution is 6.08. The summed E-state index contributed by atoms with van der Waals surface area (Å²) in [6.07, 6.45) is 2.65. The zero-order chi connectivity index (χ0) is 67.0. The first-order chi connectivity index (χ1) is 44.0. The molecule has 0 saturated carbocycles. The van der Waals surface area contributed by atoms with E-state index in [-0.39, 0.29) is 150 Å². The van der Waals surface area contributed by atoms with Gasteiger partial charge in [-0.15, -0.1) is 0 Å². The van der Waals surface area contributed by atoms with Gasteiger partial charge >= 0.3 is 0 Å².